The quantitative estimate of drug-likeness (QED) is 0.577. The zero-order chi connectivity index (χ0) is 18.5. The van der Waals surface area contributed by atoms with Gasteiger partial charge in [-0.05, 0) is 18.6 Å². The molecule has 26 heavy (non-hydrogen) atoms. The van der Waals surface area contributed by atoms with Crippen molar-refractivity contribution < 1.29 is 4.79 Å². The smallest absolute Gasteiger partial charge is 0.269 e. The highest BCUT2D eigenvalue weighted by Crippen LogP contribution is 2.24. The topological polar surface area (TPSA) is 108 Å². The summed E-state index contributed by atoms with van der Waals surface area (Å²) in [5.74, 6) is 0.298. The van der Waals surface area contributed by atoms with Crippen molar-refractivity contribution >= 4 is 33.7 Å². The Bertz CT molecular complexity index is 946. The average molecular weight is 352 g/mol. The number of nitrogens with two attached hydrogens (primary N) is 1. The lowest BCUT2D eigenvalue weighted by Gasteiger charge is -2.11. The van der Waals surface area contributed by atoms with E-state index in [1.165, 1.54) is 0 Å². The van der Waals surface area contributed by atoms with Crippen LogP contribution < -0.4 is 16.4 Å². The molecule has 1 unspecified atom stereocenters. The molecule has 5 N–H and O–H groups in total. The molecule has 0 saturated carbocycles. The van der Waals surface area contributed by atoms with Crippen LogP contribution in [0.1, 0.15) is 30.8 Å². The fraction of sp³-hybridized carbons (Fsp3) is 0.316. The van der Waals surface area contributed by atoms with Crippen LogP contribution in [-0.2, 0) is 0 Å². The molecule has 3 heterocycles. The first-order chi connectivity index (χ1) is 12.7. The Balaban J connectivity index is 0.000000948. The fourth-order valence-electron chi connectivity index (χ4n) is 3.00. The van der Waals surface area contributed by atoms with Crippen LogP contribution in [0.2, 0.25) is 0 Å². The lowest BCUT2D eigenvalue weighted by Crippen LogP contribution is -2.37. The highest BCUT2D eigenvalue weighted by molar-refractivity contribution is 6.09. The summed E-state index contributed by atoms with van der Waals surface area (Å²) in [4.78, 5) is 24.0. The number of guanidine groups is 1. The SMILES string of the molecule is CC.NC1=NCC(CCNC(=O)c2cc3c(cn2)[nH]c2ccccc23)N1. The van der Waals surface area contributed by atoms with Gasteiger partial charge in [0.1, 0.15) is 5.69 Å². The summed E-state index contributed by atoms with van der Waals surface area (Å²) < 4.78 is 0. The molecule has 3 aromatic rings. The molecular formula is C19H24N6O. The maximum Gasteiger partial charge on any atom is 0.269 e. The molecule has 0 radical (unpaired) electrons. The van der Waals surface area contributed by atoms with Crippen LogP contribution in [0.25, 0.3) is 21.8 Å². The first-order valence-electron chi connectivity index (χ1n) is 8.92. The van der Waals surface area contributed by atoms with Gasteiger partial charge in [-0.25, -0.2) is 4.98 Å². The van der Waals surface area contributed by atoms with Crippen molar-refractivity contribution in [1.29, 1.82) is 0 Å². The van der Waals surface area contributed by atoms with Gasteiger partial charge in [0, 0.05) is 22.8 Å². The molecule has 7 heteroatoms. The van der Waals surface area contributed by atoms with Gasteiger partial charge in [0.2, 0.25) is 0 Å². The number of aromatic nitrogens is 2. The minimum atomic E-state index is -0.172. The number of amides is 1. The summed E-state index contributed by atoms with van der Waals surface area (Å²) in [6, 6.07) is 10.0. The average Bonchev–Trinajstić information content (AvgIpc) is 3.26. The van der Waals surface area contributed by atoms with Gasteiger partial charge in [-0.15, -0.1) is 0 Å². The highest BCUT2D eigenvalue weighted by Gasteiger charge is 2.16. The van der Waals surface area contributed by atoms with Gasteiger partial charge in [-0.3, -0.25) is 9.79 Å². The summed E-state index contributed by atoms with van der Waals surface area (Å²) in [6.07, 6.45) is 2.47. The second-order valence-electron chi connectivity index (χ2n) is 5.90. The van der Waals surface area contributed by atoms with Gasteiger partial charge < -0.3 is 21.4 Å². The van der Waals surface area contributed by atoms with E-state index >= 15 is 0 Å². The van der Waals surface area contributed by atoms with Crippen LogP contribution in [0.4, 0.5) is 0 Å². The number of hydrogen-bond acceptors (Lipinski definition) is 5. The maximum atomic E-state index is 12.3. The number of para-hydroxylation sites is 1. The van der Waals surface area contributed by atoms with E-state index in [9.17, 15) is 4.79 Å². The largest absolute Gasteiger partial charge is 0.370 e. The molecule has 1 aliphatic rings. The summed E-state index contributed by atoms with van der Waals surface area (Å²) in [5, 5.41) is 8.06. The minimum absolute atomic E-state index is 0.172. The lowest BCUT2D eigenvalue weighted by molar-refractivity contribution is 0.0948. The van der Waals surface area contributed by atoms with Gasteiger partial charge >= 0.3 is 0 Å². The van der Waals surface area contributed by atoms with E-state index in [1.54, 1.807) is 6.20 Å². The third-order valence-corrected chi connectivity index (χ3v) is 4.24. The van der Waals surface area contributed by atoms with Crippen molar-refractivity contribution in [3.05, 3.63) is 42.2 Å². The van der Waals surface area contributed by atoms with Crippen LogP contribution in [0, 0.1) is 0 Å². The number of rotatable bonds is 4. The molecule has 7 nitrogen and oxygen atoms in total. The van der Waals surface area contributed by atoms with E-state index < -0.39 is 0 Å². The van der Waals surface area contributed by atoms with Gasteiger partial charge in [0.05, 0.1) is 24.3 Å². The zero-order valence-electron chi connectivity index (χ0n) is 15.0. The third-order valence-electron chi connectivity index (χ3n) is 4.24. The summed E-state index contributed by atoms with van der Waals surface area (Å²) in [7, 11) is 0. The predicted molar refractivity (Wildman–Crippen MR) is 105 cm³/mol. The second kappa shape index (κ2) is 7.86. The Morgan fingerprint density at radius 3 is 2.85 bits per heavy atom. The van der Waals surface area contributed by atoms with Crippen molar-refractivity contribution in [3.63, 3.8) is 0 Å². The zero-order valence-corrected chi connectivity index (χ0v) is 15.0. The number of aliphatic imine (C=N–C) groups is 1. The molecule has 136 valence electrons. The number of pyridine rings is 1. The molecule has 4 rings (SSSR count). The summed E-state index contributed by atoms with van der Waals surface area (Å²) >= 11 is 0. The first kappa shape index (κ1) is 17.7. The Hall–Kier alpha value is -3.09. The van der Waals surface area contributed by atoms with Crippen molar-refractivity contribution in [3.8, 4) is 0 Å². The van der Waals surface area contributed by atoms with E-state index in [0.29, 0.717) is 24.7 Å². The highest BCUT2D eigenvalue weighted by atomic mass is 16.1. The third kappa shape index (κ3) is 3.61. The molecule has 0 fully saturated rings. The number of fused-ring (bicyclic) bond motifs is 3. The van der Waals surface area contributed by atoms with Gasteiger partial charge in [-0.1, -0.05) is 32.0 Å². The summed E-state index contributed by atoms with van der Waals surface area (Å²) in [6.45, 7) is 5.20. The number of aromatic amines is 1. The molecule has 1 atom stereocenters. The molecule has 1 aromatic carbocycles. The van der Waals surface area contributed by atoms with Crippen molar-refractivity contribution in [1.82, 2.24) is 20.6 Å². The van der Waals surface area contributed by atoms with Gasteiger partial charge in [0.15, 0.2) is 5.96 Å². The maximum absolute atomic E-state index is 12.3. The predicted octanol–water partition coefficient (Wildman–Crippen LogP) is 2.15. The van der Waals surface area contributed by atoms with E-state index in [0.717, 1.165) is 28.2 Å². The summed E-state index contributed by atoms with van der Waals surface area (Å²) in [5.41, 5.74) is 7.96. The van der Waals surface area contributed by atoms with Crippen LogP contribution in [0.5, 0.6) is 0 Å². The molecule has 2 aromatic heterocycles. The van der Waals surface area contributed by atoms with Gasteiger partial charge in [0.25, 0.3) is 5.91 Å². The van der Waals surface area contributed by atoms with Crippen LogP contribution >= 0.6 is 0 Å². The Labute approximate surface area is 152 Å². The van der Waals surface area contributed by atoms with E-state index in [1.807, 2.05) is 44.2 Å². The molecule has 0 aliphatic carbocycles. The molecule has 1 aliphatic heterocycles. The molecule has 0 saturated heterocycles. The number of benzene rings is 1. The van der Waals surface area contributed by atoms with Crippen molar-refractivity contribution in [2.75, 3.05) is 13.1 Å². The minimum Gasteiger partial charge on any atom is -0.370 e. The van der Waals surface area contributed by atoms with E-state index in [4.69, 9.17) is 5.73 Å². The van der Waals surface area contributed by atoms with Crippen LogP contribution in [-0.4, -0.2) is 41.0 Å². The van der Waals surface area contributed by atoms with E-state index in [-0.39, 0.29) is 11.9 Å². The number of carbonyl (C=O) groups is 1. The standard InChI is InChI=1S/C17H18N6O.C2H6/c18-17-21-8-10(22-17)5-6-19-16(24)14-7-12-11-3-1-2-4-13(11)23-15(12)9-20-14;1-2/h1-4,7,9-10,23H,5-6,8H2,(H,19,24)(H3,18,21,22);1-2H3. The van der Waals surface area contributed by atoms with Crippen molar-refractivity contribution in [2.45, 2.75) is 26.3 Å². The molecular weight excluding hydrogens is 328 g/mol. The van der Waals surface area contributed by atoms with E-state index in [2.05, 4.69) is 25.6 Å². The van der Waals surface area contributed by atoms with Crippen LogP contribution in [0.3, 0.4) is 0 Å². The Kier molecular flexibility index (Phi) is 5.36. The number of nitrogens with one attached hydrogen (secondary N) is 3. The number of hydrogen-bond donors (Lipinski definition) is 4. The van der Waals surface area contributed by atoms with Crippen molar-refractivity contribution in [2.24, 2.45) is 10.7 Å². The molecule has 0 spiro atoms. The number of nitrogens with zero attached hydrogens (tertiary/aromatic N) is 2. The molecule has 0 bridgehead atoms. The Morgan fingerprint density at radius 1 is 1.27 bits per heavy atom. The second-order valence-corrected chi connectivity index (χ2v) is 5.90. The van der Waals surface area contributed by atoms with Crippen LogP contribution in [0.15, 0.2) is 41.5 Å². The number of H-pyrrole nitrogens is 1. The first-order valence-corrected chi connectivity index (χ1v) is 8.92. The fourth-order valence-corrected chi connectivity index (χ4v) is 3.00. The lowest BCUT2D eigenvalue weighted by atomic mass is 10.1. The monoisotopic (exact) mass is 352 g/mol. The number of carbonyl (C=O) groups excluding carboxylic acids is 1. The Morgan fingerprint density at radius 2 is 2.08 bits per heavy atom. The molecule has 1 amide bonds. The normalized spacial score (nSPS) is 15.9. The van der Waals surface area contributed by atoms with Gasteiger partial charge in [-0.2, -0.15) is 0 Å².